The first-order valence-electron chi connectivity index (χ1n) is 9.92. The van der Waals surface area contributed by atoms with Crippen LogP contribution < -0.4 is 27.4 Å². The number of carbonyl (C=O) groups excluding carboxylic acids is 4. The lowest BCUT2D eigenvalue weighted by Gasteiger charge is -2.24. The van der Waals surface area contributed by atoms with Crippen molar-refractivity contribution in [2.75, 3.05) is 17.8 Å². The number of carboxylic acids is 2. The molecule has 0 saturated heterocycles. The Morgan fingerprint density at radius 2 is 1.33 bits per heavy atom. The van der Waals surface area contributed by atoms with Crippen molar-refractivity contribution in [3.63, 3.8) is 0 Å². The fourth-order valence-electron chi connectivity index (χ4n) is 2.48. The molecule has 15 heteroatoms. The summed E-state index contributed by atoms with van der Waals surface area (Å²) in [6.07, 6.45) is 0.860. The highest BCUT2D eigenvalue weighted by molar-refractivity contribution is 7.98. The van der Waals surface area contributed by atoms with E-state index >= 15 is 0 Å². The molecule has 0 aromatic carbocycles. The predicted octanol–water partition coefficient (Wildman–Crippen LogP) is -2.33. The second-order valence-corrected chi connectivity index (χ2v) is 8.38. The first-order chi connectivity index (χ1) is 15.4. The van der Waals surface area contributed by atoms with Crippen LogP contribution in [0.4, 0.5) is 0 Å². The van der Waals surface area contributed by atoms with Crippen molar-refractivity contribution >= 4 is 60.0 Å². The molecule has 0 aromatic heterocycles. The molecule has 4 atom stereocenters. The van der Waals surface area contributed by atoms with Gasteiger partial charge in [-0.3, -0.25) is 24.0 Å². The van der Waals surface area contributed by atoms with Crippen molar-refractivity contribution in [3.8, 4) is 0 Å². The van der Waals surface area contributed by atoms with Gasteiger partial charge in [0.15, 0.2) is 0 Å². The molecule has 0 aliphatic carbocycles. The third-order valence-corrected chi connectivity index (χ3v) is 5.37. The van der Waals surface area contributed by atoms with Crippen molar-refractivity contribution in [1.29, 1.82) is 0 Å². The van der Waals surface area contributed by atoms with Crippen LogP contribution in [0.2, 0.25) is 0 Å². The second-order valence-electron chi connectivity index (χ2n) is 7.03. The number of hydrogen-bond donors (Lipinski definition) is 8. The molecule has 0 fully saturated rings. The number of nitrogens with two attached hydrogens (primary N) is 2. The number of carbonyl (C=O) groups is 6. The van der Waals surface area contributed by atoms with Crippen molar-refractivity contribution in [2.24, 2.45) is 11.5 Å². The molecule has 0 aliphatic rings. The lowest BCUT2D eigenvalue weighted by Crippen LogP contribution is -2.57. The van der Waals surface area contributed by atoms with E-state index in [0.29, 0.717) is 12.2 Å². The minimum atomic E-state index is -1.42. The first-order valence-corrected chi connectivity index (χ1v) is 11.9. The summed E-state index contributed by atoms with van der Waals surface area (Å²) in [6.45, 7) is 0. The van der Waals surface area contributed by atoms with Gasteiger partial charge in [0.25, 0.3) is 0 Å². The number of amides is 4. The minimum absolute atomic E-state index is 0.191. The molecular weight excluding hydrogens is 478 g/mol. The summed E-state index contributed by atoms with van der Waals surface area (Å²) >= 11 is 5.31. The van der Waals surface area contributed by atoms with Crippen LogP contribution >= 0.6 is 24.4 Å². The summed E-state index contributed by atoms with van der Waals surface area (Å²) in [6, 6.07) is -5.00. The molecule has 0 aromatic rings. The molecule has 0 spiro atoms. The Kier molecular flexibility index (Phi) is 14.9. The van der Waals surface area contributed by atoms with Crippen LogP contribution in [-0.2, 0) is 28.8 Å². The van der Waals surface area contributed by atoms with Gasteiger partial charge >= 0.3 is 11.9 Å². The number of rotatable bonds is 17. The summed E-state index contributed by atoms with van der Waals surface area (Å²) in [5, 5.41) is 24.9. The van der Waals surface area contributed by atoms with E-state index in [0.717, 1.165) is 0 Å². The highest BCUT2D eigenvalue weighted by Gasteiger charge is 2.30. The zero-order valence-electron chi connectivity index (χ0n) is 18.1. The van der Waals surface area contributed by atoms with E-state index in [4.69, 9.17) is 21.7 Å². The number of aliphatic carboxylic acids is 2. The molecule has 33 heavy (non-hydrogen) atoms. The maximum atomic E-state index is 12.8. The summed E-state index contributed by atoms with van der Waals surface area (Å²) in [5.74, 6) is -5.47. The maximum Gasteiger partial charge on any atom is 0.327 e. The van der Waals surface area contributed by atoms with Crippen molar-refractivity contribution in [3.05, 3.63) is 0 Å². The van der Waals surface area contributed by atoms with Crippen LogP contribution in [0.25, 0.3) is 0 Å². The molecule has 0 rings (SSSR count). The summed E-state index contributed by atoms with van der Waals surface area (Å²) in [7, 11) is 0. The topological polar surface area (TPSA) is 231 Å². The van der Waals surface area contributed by atoms with E-state index in [-0.39, 0.29) is 25.0 Å². The van der Waals surface area contributed by atoms with Crippen LogP contribution in [-0.4, -0.2) is 87.7 Å². The van der Waals surface area contributed by atoms with Gasteiger partial charge in [0.1, 0.15) is 18.1 Å². The predicted molar refractivity (Wildman–Crippen MR) is 124 cm³/mol. The molecule has 9 N–H and O–H groups in total. The Labute approximate surface area is 200 Å². The Morgan fingerprint density at radius 3 is 1.76 bits per heavy atom. The van der Waals surface area contributed by atoms with Crippen LogP contribution in [0.15, 0.2) is 0 Å². The fraction of sp³-hybridized carbons (Fsp3) is 0.667. The van der Waals surface area contributed by atoms with E-state index < -0.39 is 66.2 Å². The largest absolute Gasteiger partial charge is 0.481 e. The zero-order valence-corrected chi connectivity index (χ0v) is 19.8. The van der Waals surface area contributed by atoms with Crippen LogP contribution in [0.1, 0.15) is 32.1 Å². The monoisotopic (exact) mass is 509 g/mol. The Morgan fingerprint density at radius 1 is 0.848 bits per heavy atom. The van der Waals surface area contributed by atoms with Gasteiger partial charge in [0.2, 0.25) is 23.6 Å². The van der Waals surface area contributed by atoms with Crippen LogP contribution in [0, 0.1) is 0 Å². The molecular formula is C18H31N5O8S2. The van der Waals surface area contributed by atoms with Gasteiger partial charge in [-0.25, -0.2) is 4.79 Å². The zero-order chi connectivity index (χ0) is 25.6. The summed E-state index contributed by atoms with van der Waals surface area (Å²) < 4.78 is 0. The number of thioether (sulfide) groups is 1. The second kappa shape index (κ2) is 16.1. The Balaban J connectivity index is 5.49. The Hall–Kier alpha value is -2.52. The van der Waals surface area contributed by atoms with Crippen molar-refractivity contribution in [1.82, 2.24) is 16.0 Å². The summed E-state index contributed by atoms with van der Waals surface area (Å²) in [5.41, 5.74) is 10.9. The SMILES string of the molecule is CSCCC(N)C(=O)NC(CCC(N)=O)C(=O)NC(CCC(=O)O)C(=O)NC(CS)C(=O)O. The van der Waals surface area contributed by atoms with E-state index in [9.17, 15) is 28.8 Å². The number of primary amides is 1. The van der Waals surface area contributed by atoms with Crippen LogP contribution in [0.5, 0.6) is 0 Å². The van der Waals surface area contributed by atoms with Crippen molar-refractivity contribution in [2.45, 2.75) is 56.3 Å². The number of thiol groups is 1. The molecule has 4 amide bonds. The third-order valence-electron chi connectivity index (χ3n) is 4.36. The van der Waals surface area contributed by atoms with Gasteiger partial charge in [-0.05, 0) is 31.3 Å². The maximum absolute atomic E-state index is 12.8. The first kappa shape index (κ1) is 30.5. The third kappa shape index (κ3) is 12.9. The average molecular weight is 510 g/mol. The van der Waals surface area contributed by atoms with Crippen LogP contribution in [0.3, 0.4) is 0 Å². The molecule has 0 bridgehead atoms. The highest BCUT2D eigenvalue weighted by Crippen LogP contribution is 2.05. The molecule has 188 valence electrons. The molecule has 0 saturated carbocycles. The average Bonchev–Trinajstić information content (AvgIpc) is 2.74. The van der Waals surface area contributed by atoms with Gasteiger partial charge in [0, 0.05) is 18.6 Å². The van der Waals surface area contributed by atoms with Gasteiger partial charge in [-0.2, -0.15) is 24.4 Å². The highest BCUT2D eigenvalue weighted by atomic mass is 32.2. The molecule has 0 aliphatic heterocycles. The fourth-order valence-corrected chi connectivity index (χ4v) is 3.21. The lowest BCUT2D eigenvalue weighted by atomic mass is 10.1. The normalized spacial score (nSPS) is 14.3. The van der Waals surface area contributed by atoms with E-state index in [2.05, 4.69) is 28.6 Å². The van der Waals surface area contributed by atoms with E-state index in [1.807, 2.05) is 6.26 Å². The number of hydrogen-bond acceptors (Lipinski definition) is 9. The smallest absolute Gasteiger partial charge is 0.327 e. The molecule has 4 unspecified atom stereocenters. The standard InChI is InChI=1S/C18H31N5O8S2/c1-33-7-6-9(19)15(27)21-10(2-4-13(20)24)16(28)22-11(3-5-14(25)26)17(29)23-12(8-32)18(30)31/h9-12,32H,2-8,19H2,1H3,(H2,20,24)(H,21,27)(H,22,28)(H,23,29)(H,25,26)(H,30,31). The molecule has 13 nitrogen and oxygen atoms in total. The van der Waals surface area contributed by atoms with Gasteiger partial charge < -0.3 is 37.6 Å². The molecule has 0 radical (unpaired) electrons. The lowest BCUT2D eigenvalue weighted by molar-refractivity contribution is -0.142. The quantitative estimate of drug-likeness (QED) is 0.0974. The van der Waals surface area contributed by atoms with Crippen molar-refractivity contribution < 1.29 is 39.0 Å². The number of nitrogens with one attached hydrogen (secondary N) is 3. The van der Waals surface area contributed by atoms with Gasteiger partial charge in [-0.1, -0.05) is 0 Å². The summed E-state index contributed by atoms with van der Waals surface area (Å²) in [4.78, 5) is 70.9. The molecule has 0 heterocycles. The van der Waals surface area contributed by atoms with Gasteiger partial charge in [-0.15, -0.1) is 0 Å². The minimum Gasteiger partial charge on any atom is -0.481 e. The van der Waals surface area contributed by atoms with E-state index in [1.54, 1.807) is 0 Å². The van der Waals surface area contributed by atoms with E-state index in [1.165, 1.54) is 11.8 Å². The van der Waals surface area contributed by atoms with Gasteiger partial charge in [0.05, 0.1) is 6.04 Å². The number of carboxylic acid groups (broad SMARTS) is 2. The Bertz CT molecular complexity index is 724.